The third-order valence-electron chi connectivity index (χ3n) is 5.80. The Morgan fingerprint density at radius 3 is 2.31 bits per heavy atom. The van der Waals surface area contributed by atoms with Crippen molar-refractivity contribution in [2.24, 2.45) is 0 Å². The van der Waals surface area contributed by atoms with Crippen LogP contribution in [-0.4, -0.2) is 64.2 Å². The van der Waals surface area contributed by atoms with Gasteiger partial charge in [-0.2, -0.15) is 0 Å². The average Bonchev–Trinajstić information content (AvgIpc) is 2.85. The van der Waals surface area contributed by atoms with Crippen molar-refractivity contribution in [3.63, 3.8) is 0 Å². The second-order valence-corrected chi connectivity index (χ2v) is 10.3. The molecule has 0 radical (unpaired) electrons. The number of rotatable bonds is 12. The van der Waals surface area contributed by atoms with Crippen LogP contribution in [0.2, 0.25) is 0 Å². The predicted molar refractivity (Wildman–Crippen MR) is 136 cm³/mol. The molecule has 0 heterocycles. The molecule has 2 amide bonds. The molecule has 0 aliphatic carbocycles. The maximum absolute atomic E-state index is 14.5. The van der Waals surface area contributed by atoms with Gasteiger partial charge in [0.05, 0.1) is 26.2 Å². The first kappa shape index (κ1) is 28.9. The van der Waals surface area contributed by atoms with Gasteiger partial charge in [0.25, 0.3) is 0 Å². The predicted octanol–water partition coefficient (Wildman–Crippen LogP) is 2.94. The Bertz CT molecular complexity index is 1170. The van der Waals surface area contributed by atoms with E-state index in [1.54, 1.807) is 12.1 Å². The van der Waals surface area contributed by atoms with Crippen LogP contribution in [0.25, 0.3) is 0 Å². The quantitative estimate of drug-likeness (QED) is 0.459. The summed E-state index contributed by atoms with van der Waals surface area (Å²) in [6.45, 7) is 4.41. The molecule has 198 valence electrons. The van der Waals surface area contributed by atoms with E-state index in [4.69, 9.17) is 9.47 Å². The molecule has 2 aromatic carbocycles. The molecule has 2 atom stereocenters. The molecule has 1 N–H and O–H groups in total. The number of carbonyl (C=O) groups is 2. The van der Waals surface area contributed by atoms with E-state index in [9.17, 15) is 22.4 Å². The lowest BCUT2D eigenvalue weighted by Gasteiger charge is -2.32. The molecule has 11 heteroatoms. The van der Waals surface area contributed by atoms with Crippen molar-refractivity contribution in [1.29, 1.82) is 0 Å². The lowest BCUT2D eigenvalue weighted by atomic mass is 10.1. The zero-order valence-corrected chi connectivity index (χ0v) is 22.3. The third-order valence-corrected chi connectivity index (χ3v) is 6.93. The van der Waals surface area contributed by atoms with Gasteiger partial charge in [-0.3, -0.25) is 13.9 Å². The van der Waals surface area contributed by atoms with Crippen molar-refractivity contribution < 1.29 is 31.9 Å². The molecule has 0 fully saturated rings. The van der Waals surface area contributed by atoms with Crippen molar-refractivity contribution in [2.45, 2.75) is 45.8 Å². The van der Waals surface area contributed by atoms with Crippen molar-refractivity contribution in [1.82, 2.24) is 10.2 Å². The SMILES string of the molecule is CC[C@@H](C)NC(=O)[C@@H](C)N(Cc1ccccc1F)C(=O)CN(c1ccc(OC)cc1OC)S(C)(=O)=O. The number of halogens is 1. The van der Waals surface area contributed by atoms with Gasteiger partial charge in [0.15, 0.2) is 0 Å². The Morgan fingerprint density at radius 1 is 1.08 bits per heavy atom. The Hall–Kier alpha value is -3.34. The summed E-state index contributed by atoms with van der Waals surface area (Å²) >= 11 is 0. The number of nitrogens with zero attached hydrogens (tertiary/aromatic N) is 2. The standard InChI is InChI=1S/C25H34FN3O6S/c1-7-17(2)27-25(31)18(3)28(15-19-10-8-9-11-21(19)26)24(30)16-29(36(6,32)33)22-13-12-20(34-4)14-23(22)35-5/h8-14,17-18H,7,15-16H2,1-6H3,(H,27,31)/t17-,18-/m1/s1. The summed E-state index contributed by atoms with van der Waals surface area (Å²) < 4.78 is 51.3. The Balaban J connectivity index is 2.47. The topological polar surface area (TPSA) is 105 Å². The Morgan fingerprint density at radius 2 is 1.75 bits per heavy atom. The van der Waals surface area contributed by atoms with Crippen molar-refractivity contribution in [3.05, 3.63) is 53.8 Å². The lowest BCUT2D eigenvalue weighted by molar-refractivity contribution is -0.139. The molecular formula is C25H34FN3O6S. The zero-order chi connectivity index (χ0) is 27.0. The van der Waals surface area contributed by atoms with Crippen LogP contribution in [0.4, 0.5) is 10.1 Å². The van der Waals surface area contributed by atoms with E-state index in [0.717, 1.165) is 10.6 Å². The second kappa shape index (κ2) is 12.6. The van der Waals surface area contributed by atoms with Crippen LogP contribution in [0.5, 0.6) is 11.5 Å². The number of methoxy groups -OCH3 is 2. The summed E-state index contributed by atoms with van der Waals surface area (Å²) in [7, 11) is -1.13. The van der Waals surface area contributed by atoms with Crippen LogP contribution in [0.1, 0.15) is 32.8 Å². The van der Waals surface area contributed by atoms with Crippen molar-refractivity contribution >= 4 is 27.5 Å². The molecule has 0 saturated heterocycles. The Labute approximate surface area is 212 Å². The van der Waals surface area contributed by atoms with E-state index < -0.39 is 40.2 Å². The summed E-state index contributed by atoms with van der Waals surface area (Å²) in [4.78, 5) is 27.6. The number of anilines is 1. The molecule has 0 aliphatic heterocycles. The molecular weight excluding hydrogens is 489 g/mol. The number of hydrogen-bond donors (Lipinski definition) is 1. The van der Waals surface area contributed by atoms with Gasteiger partial charge in [-0.05, 0) is 38.5 Å². The van der Waals surface area contributed by atoms with E-state index in [-0.39, 0.29) is 29.6 Å². The van der Waals surface area contributed by atoms with E-state index in [1.807, 2.05) is 13.8 Å². The first-order valence-electron chi connectivity index (χ1n) is 11.5. The monoisotopic (exact) mass is 523 g/mol. The number of ether oxygens (including phenoxy) is 2. The van der Waals surface area contributed by atoms with Crippen molar-refractivity contribution in [2.75, 3.05) is 31.3 Å². The van der Waals surface area contributed by atoms with Crippen LogP contribution in [-0.2, 0) is 26.2 Å². The third kappa shape index (κ3) is 7.33. The highest BCUT2D eigenvalue weighted by Crippen LogP contribution is 2.33. The first-order chi connectivity index (χ1) is 16.9. The van der Waals surface area contributed by atoms with Gasteiger partial charge >= 0.3 is 0 Å². The van der Waals surface area contributed by atoms with Crippen LogP contribution < -0.4 is 19.1 Å². The van der Waals surface area contributed by atoms with Gasteiger partial charge < -0.3 is 19.7 Å². The van der Waals surface area contributed by atoms with Gasteiger partial charge in [0.1, 0.15) is 29.9 Å². The van der Waals surface area contributed by atoms with Crippen LogP contribution in [0, 0.1) is 5.82 Å². The van der Waals surface area contributed by atoms with Crippen LogP contribution in [0.3, 0.4) is 0 Å². The van der Waals surface area contributed by atoms with Crippen LogP contribution in [0.15, 0.2) is 42.5 Å². The van der Waals surface area contributed by atoms with Gasteiger partial charge in [-0.15, -0.1) is 0 Å². The maximum Gasteiger partial charge on any atom is 0.244 e. The fraction of sp³-hybridized carbons (Fsp3) is 0.440. The fourth-order valence-corrected chi connectivity index (χ4v) is 4.30. The molecule has 0 saturated carbocycles. The number of sulfonamides is 1. The summed E-state index contributed by atoms with van der Waals surface area (Å²) in [5.74, 6) is -1.04. The largest absolute Gasteiger partial charge is 0.497 e. The summed E-state index contributed by atoms with van der Waals surface area (Å²) in [5.41, 5.74) is 0.318. The van der Waals surface area contributed by atoms with Gasteiger partial charge in [-0.1, -0.05) is 25.1 Å². The van der Waals surface area contributed by atoms with E-state index in [2.05, 4.69) is 5.32 Å². The first-order valence-corrected chi connectivity index (χ1v) is 13.3. The molecule has 0 aliphatic rings. The number of amides is 2. The minimum absolute atomic E-state index is 0.122. The number of carbonyl (C=O) groups excluding carboxylic acids is 2. The lowest BCUT2D eigenvalue weighted by Crippen LogP contribution is -2.52. The minimum atomic E-state index is -3.96. The normalized spacial score (nSPS) is 12.9. The molecule has 2 rings (SSSR count). The molecule has 36 heavy (non-hydrogen) atoms. The molecule has 0 unspecified atom stereocenters. The highest BCUT2D eigenvalue weighted by atomic mass is 32.2. The zero-order valence-electron chi connectivity index (χ0n) is 21.4. The summed E-state index contributed by atoms with van der Waals surface area (Å²) in [6.07, 6.45) is 1.64. The molecule has 9 nitrogen and oxygen atoms in total. The van der Waals surface area contributed by atoms with Gasteiger partial charge in [0, 0.05) is 24.2 Å². The average molecular weight is 524 g/mol. The second-order valence-electron chi connectivity index (χ2n) is 8.41. The molecule has 0 spiro atoms. The van der Waals surface area contributed by atoms with Crippen LogP contribution >= 0.6 is 0 Å². The number of hydrogen-bond acceptors (Lipinski definition) is 6. The molecule has 2 aromatic rings. The summed E-state index contributed by atoms with van der Waals surface area (Å²) in [6, 6.07) is 9.28. The minimum Gasteiger partial charge on any atom is -0.497 e. The Kier molecular flexibility index (Phi) is 10.1. The fourth-order valence-electron chi connectivity index (χ4n) is 3.44. The smallest absolute Gasteiger partial charge is 0.244 e. The van der Waals surface area contributed by atoms with Gasteiger partial charge in [-0.25, -0.2) is 12.8 Å². The van der Waals surface area contributed by atoms with E-state index >= 15 is 0 Å². The highest BCUT2D eigenvalue weighted by molar-refractivity contribution is 7.92. The maximum atomic E-state index is 14.5. The van der Waals surface area contributed by atoms with E-state index in [0.29, 0.717) is 12.2 Å². The number of benzene rings is 2. The van der Waals surface area contributed by atoms with Crippen molar-refractivity contribution in [3.8, 4) is 11.5 Å². The summed E-state index contributed by atoms with van der Waals surface area (Å²) in [5, 5.41) is 2.82. The highest BCUT2D eigenvalue weighted by Gasteiger charge is 2.32. The number of nitrogens with one attached hydrogen (secondary N) is 1. The van der Waals surface area contributed by atoms with E-state index in [1.165, 1.54) is 56.4 Å². The molecule has 0 aromatic heterocycles. The molecule has 0 bridgehead atoms. The van der Waals surface area contributed by atoms with Gasteiger partial charge in [0.2, 0.25) is 21.8 Å².